The predicted octanol–water partition coefficient (Wildman–Crippen LogP) is 2.76. The van der Waals surface area contributed by atoms with Crippen molar-refractivity contribution in [2.45, 2.75) is 6.92 Å². The van der Waals surface area contributed by atoms with Crippen LogP contribution in [0.2, 0.25) is 0 Å². The summed E-state index contributed by atoms with van der Waals surface area (Å²) >= 11 is 0. The number of phenolic OH excluding ortho intramolecular Hbond substituents is 1. The molecule has 0 aliphatic carbocycles. The molecule has 4 nitrogen and oxygen atoms in total. The maximum absolute atomic E-state index is 10.8. The topological polar surface area (TPSA) is 63.4 Å². The summed E-state index contributed by atoms with van der Waals surface area (Å²) < 4.78 is 0. The van der Waals surface area contributed by atoms with Gasteiger partial charge in [0.15, 0.2) is 5.75 Å². The van der Waals surface area contributed by atoms with Crippen molar-refractivity contribution in [3.63, 3.8) is 0 Å². The zero-order valence-corrected chi connectivity index (χ0v) is 8.10. The third kappa shape index (κ3) is 1.50. The van der Waals surface area contributed by atoms with Gasteiger partial charge >= 0.3 is 5.69 Å². The van der Waals surface area contributed by atoms with Crippen molar-refractivity contribution >= 4 is 16.5 Å². The zero-order chi connectivity index (χ0) is 11.0. The first kappa shape index (κ1) is 9.45. The van der Waals surface area contributed by atoms with E-state index in [-0.39, 0.29) is 11.4 Å². The third-order valence-electron chi connectivity index (χ3n) is 2.31. The number of fused-ring (bicyclic) bond motifs is 1. The molecule has 0 aliphatic rings. The molecule has 0 saturated carbocycles. The summed E-state index contributed by atoms with van der Waals surface area (Å²) in [4.78, 5) is 10.2. The summed E-state index contributed by atoms with van der Waals surface area (Å²) in [5, 5.41) is 21.4. The van der Waals surface area contributed by atoms with Crippen molar-refractivity contribution in [1.29, 1.82) is 0 Å². The summed E-state index contributed by atoms with van der Waals surface area (Å²) in [7, 11) is 0. The highest BCUT2D eigenvalue weighted by Crippen LogP contribution is 2.34. The summed E-state index contributed by atoms with van der Waals surface area (Å²) in [5.41, 5.74) is 0.801. The number of rotatable bonds is 1. The van der Waals surface area contributed by atoms with Gasteiger partial charge in [-0.2, -0.15) is 0 Å². The van der Waals surface area contributed by atoms with Crippen LogP contribution in [0.4, 0.5) is 5.69 Å². The molecular weight excluding hydrogens is 194 g/mol. The minimum atomic E-state index is -0.562. The van der Waals surface area contributed by atoms with Crippen molar-refractivity contribution in [1.82, 2.24) is 0 Å². The van der Waals surface area contributed by atoms with E-state index in [0.717, 1.165) is 10.9 Å². The van der Waals surface area contributed by atoms with Gasteiger partial charge in [-0.05, 0) is 24.4 Å². The number of hydrogen-bond donors (Lipinski definition) is 1. The Morgan fingerprint density at radius 2 is 2.00 bits per heavy atom. The Bertz CT molecular complexity index is 549. The predicted molar refractivity (Wildman–Crippen MR) is 57.0 cm³/mol. The average molecular weight is 203 g/mol. The van der Waals surface area contributed by atoms with Crippen LogP contribution in [-0.2, 0) is 0 Å². The maximum Gasteiger partial charge on any atom is 0.318 e. The molecule has 0 amide bonds. The van der Waals surface area contributed by atoms with Gasteiger partial charge in [0.2, 0.25) is 0 Å². The molecule has 4 heteroatoms. The number of nitro groups is 1. The van der Waals surface area contributed by atoms with Crippen LogP contribution in [0.3, 0.4) is 0 Å². The lowest BCUT2D eigenvalue weighted by molar-refractivity contribution is -0.384. The van der Waals surface area contributed by atoms with Crippen LogP contribution in [0.5, 0.6) is 5.75 Å². The van der Waals surface area contributed by atoms with Gasteiger partial charge in [0.1, 0.15) is 0 Å². The standard InChI is InChI=1S/C11H9NO3/c1-7-2-4-9-8(6-7)3-5-10(13)11(9)12(14)15/h2-6,13H,1H3. The summed E-state index contributed by atoms with van der Waals surface area (Å²) in [6.07, 6.45) is 0. The van der Waals surface area contributed by atoms with Crippen molar-refractivity contribution in [2.24, 2.45) is 0 Å². The van der Waals surface area contributed by atoms with Gasteiger partial charge in [-0.25, -0.2) is 0 Å². The number of phenols is 1. The molecular formula is C11H9NO3. The quantitative estimate of drug-likeness (QED) is 0.572. The Kier molecular flexibility index (Phi) is 2.04. The Morgan fingerprint density at radius 3 is 2.67 bits per heavy atom. The van der Waals surface area contributed by atoms with Gasteiger partial charge in [-0.15, -0.1) is 0 Å². The second-order valence-corrected chi connectivity index (χ2v) is 3.41. The van der Waals surface area contributed by atoms with E-state index in [9.17, 15) is 15.2 Å². The molecule has 0 radical (unpaired) electrons. The van der Waals surface area contributed by atoms with E-state index in [4.69, 9.17) is 0 Å². The SMILES string of the molecule is Cc1ccc2c([N+](=O)[O-])c(O)ccc2c1. The van der Waals surface area contributed by atoms with Crippen LogP contribution >= 0.6 is 0 Å². The van der Waals surface area contributed by atoms with Gasteiger partial charge < -0.3 is 5.11 Å². The monoisotopic (exact) mass is 203 g/mol. The third-order valence-corrected chi connectivity index (χ3v) is 2.31. The molecule has 2 aromatic rings. The normalized spacial score (nSPS) is 10.5. The second-order valence-electron chi connectivity index (χ2n) is 3.41. The van der Waals surface area contributed by atoms with Crippen LogP contribution in [-0.4, -0.2) is 10.0 Å². The highest BCUT2D eigenvalue weighted by atomic mass is 16.6. The fraction of sp³-hybridized carbons (Fsp3) is 0.0909. The van der Waals surface area contributed by atoms with Crippen LogP contribution < -0.4 is 0 Å². The highest BCUT2D eigenvalue weighted by molar-refractivity contribution is 5.93. The van der Waals surface area contributed by atoms with Gasteiger partial charge in [0.25, 0.3) is 0 Å². The second kappa shape index (κ2) is 3.24. The van der Waals surface area contributed by atoms with Gasteiger partial charge in [-0.1, -0.05) is 23.8 Å². The molecule has 0 fully saturated rings. The molecule has 76 valence electrons. The molecule has 0 aromatic heterocycles. The molecule has 0 atom stereocenters. The number of aryl methyl sites for hydroxylation is 1. The number of benzene rings is 2. The molecule has 2 rings (SSSR count). The lowest BCUT2D eigenvalue weighted by Gasteiger charge is -2.02. The molecule has 15 heavy (non-hydrogen) atoms. The Balaban J connectivity index is 2.88. The van der Waals surface area contributed by atoms with Crippen molar-refractivity contribution in [3.05, 3.63) is 46.0 Å². The van der Waals surface area contributed by atoms with Crippen LogP contribution in [0.15, 0.2) is 30.3 Å². The first-order chi connectivity index (χ1) is 7.09. The van der Waals surface area contributed by atoms with Crippen LogP contribution in [0.1, 0.15) is 5.56 Å². The Hall–Kier alpha value is -2.10. The zero-order valence-electron chi connectivity index (χ0n) is 8.10. The average Bonchev–Trinajstić information content (AvgIpc) is 2.17. The van der Waals surface area contributed by atoms with Crippen LogP contribution in [0.25, 0.3) is 10.8 Å². The number of nitro benzene ring substituents is 1. The van der Waals surface area contributed by atoms with E-state index < -0.39 is 4.92 Å². The first-order valence-electron chi connectivity index (χ1n) is 4.46. The Labute approximate surface area is 85.9 Å². The van der Waals surface area contributed by atoms with E-state index in [1.807, 2.05) is 13.0 Å². The van der Waals surface area contributed by atoms with E-state index >= 15 is 0 Å². The summed E-state index contributed by atoms with van der Waals surface area (Å²) in [5.74, 6) is -0.295. The molecule has 0 bridgehead atoms. The minimum absolute atomic E-state index is 0.229. The summed E-state index contributed by atoms with van der Waals surface area (Å²) in [6, 6.07) is 8.31. The minimum Gasteiger partial charge on any atom is -0.502 e. The van der Waals surface area contributed by atoms with E-state index in [1.54, 1.807) is 18.2 Å². The van der Waals surface area contributed by atoms with E-state index in [2.05, 4.69) is 0 Å². The van der Waals surface area contributed by atoms with Crippen molar-refractivity contribution < 1.29 is 10.0 Å². The van der Waals surface area contributed by atoms with Crippen molar-refractivity contribution in [3.8, 4) is 5.75 Å². The first-order valence-corrected chi connectivity index (χ1v) is 4.46. The smallest absolute Gasteiger partial charge is 0.318 e. The largest absolute Gasteiger partial charge is 0.502 e. The fourth-order valence-electron chi connectivity index (χ4n) is 1.61. The highest BCUT2D eigenvalue weighted by Gasteiger charge is 2.17. The number of nitrogens with zero attached hydrogens (tertiary/aromatic N) is 1. The molecule has 0 saturated heterocycles. The Morgan fingerprint density at radius 1 is 1.27 bits per heavy atom. The number of hydrogen-bond acceptors (Lipinski definition) is 3. The molecule has 0 aliphatic heterocycles. The van der Waals surface area contributed by atoms with Gasteiger partial charge in [0.05, 0.1) is 10.3 Å². The van der Waals surface area contributed by atoms with E-state index in [1.165, 1.54) is 6.07 Å². The molecule has 0 heterocycles. The van der Waals surface area contributed by atoms with Gasteiger partial charge in [-0.3, -0.25) is 10.1 Å². The lowest BCUT2D eigenvalue weighted by Crippen LogP contribution is -1.90. The molecule has 1 N–H and O–H groups in total. The molecule has 0 unspecified atom stereocenters. The van der Waals surface area contributed by atoms with E-state index in [0.29, 0.717) is 5.39 Å². The summed E-state index contributed by atoms with van der Waals surface area (Å²) in [6.45, 7) is 1.91. The maximum atomic E-state index is 10.8. The molecule has 2 aromatic carbocycles. The number of aromatic hydroxyl groups is 1. The van der Waals surface area contributed by atoms with Crippen molar-refractivity contribution in [2.75, 3.05) is 0 Å². The van der Waals surface area contributed by atoms with Crippen LogP contribution in [0, 0.1) is 17.0 Å². The lowest BCUT2D eigenvalue weighted by atomic mass is 10.1. The fourth-order valence-corrected chi connectivity index (χ4v) is 1.61. The van der Waals surface area contributed by atoms with Gasteiger partial charge in [0, 0.05) is 0 Å². The molecule has 0 spiro atoms.